The molecule has 12 heavy (non-hydrogen) atoms. The summed E-state index contributed by atoms with van der Waals surface area (Å²) in [5, 5.41) is 6.64. The smallest absolute Gasteiger partial charge is 0.233 e. The van der Waals surface area contributed by atoms with Crippen LogP contribution < -0.4 is 4.74 Å². The van der Waals surface area contributed by atoms with Crippen molar-refractivity contribution in [3.05, 3.63) is 16.7 Å². The van der Waals surface area contributed by atoms with Crippen molar-refractivity contribution in [1.82, 2.24) is 10.2 Å². The molecule has 0 amide bonds. The van der Waals surface area contributed by atoms with Gasteiger partial charge in [-0.3, -0.25) is 0 Å². The highest BCUT2D eigenvalue weighted by atomic mass is 79.9. The van der Waals surface area contributed by atoms with E-state index in [-0.39, 0.29) is 4.60 Å². The van der Waals surface area contributed by atoms with Crippen LogP contribution >= 0.6 is 15.9 Å². The summed E-state index contributed by atoms with van der Waals surface area (Å²) < 4.78 is 86.2. The first-order valence-electron chi connectivity index (χ1n) is 8.24. The molecule has 4 heteroatoms. The first kappa shape index (κ1) is 2.44. The Bertz CT molecular complexity index is 557. The molecule has 0 aliphatic rings. The lowest BCUT2D eigenvalue weighted by Gasteiger charge is -2.19. The maximum atomic E-state index is 7.63. The summed E-state index contributed by atoms with van der Waals surface area (Å²) in [5.74, 6) is -0.971. The van der Waals surface area contributed by atoms with Gasteiger partial charge in [0.15, 0.2) is 0 Å². The molecule has 1 heterocycles. The quantitative estimate of drug-likeness (QED) is 0.758. The molecule has 1 aromatic heterocycles. The summed E-state index contributed by atoms with van der Waals surface area (Å²) >= 11 is 2.81. The van der Waals surface area contributed by atoms with E-state index in [2.05, 4.69) is 26.1 Å². The molecular formula is C8H11BrN2O. The molecule has 0 fully saturated rings. The van der Waals surface area contributed by atoms with Crippen LogP contribution in [0, 0.1) is 0 Å². The largest absolute Gasteiger partial charge is 0.471 e. The van der Waals surface area contributed by atoms with Crippen molar-refractivity contribution >= 4 is 15.9 Å². The van der Waals surface area contributed by atoms with E-state index in [0.29, 0.717) is 0 Å². The van der Waals surface area contributed by atoms with Crippen LogP contribution in [0.2, 0.25) is 0 Å². The van der Waals surface area contributed by atoms with E-state index >= 15 is 0 Å². The monoisotopic (exact) mass is 241 g/mol. The lowest BCUT2D eigenvalue weighted by molar-refractivity contribution is 0.122. The molecule has 3 nitrogen and oxygen atoms in total. The minimum absolute atomic E-state index is 0.169. The summed E-state index contributed by atoms with van der Waals surface area (Å²) in [4.78, 5) is 0. The molecule has 0 aromatic carbocycles. The van der Waals surface area contributed by atoms with Gasteiger partial charge in [-0.15, -0.1) is 10.2 Å². The van der Waals surface area contributed by atoms with Gasteiger partial charge < -0.3 is 4.74 Å². The Morgan fingerprint density at radius 2 is 2.25 bits per heavy atom. The van der Waals surface area contributed by atoms with Crippen LogP contribution in [-0.2, 0) is 0 Å². The van der Waals surface area contributed by atoms with Gasteiger partial charge in [-0.1, -0.05) is 0 Å². The van der Waals surface area contributed by atoms with E-state index in [1.165, 1.54) is 0 Å². The Balaban J connectivity index is 3.65. The first-order chi connectivity index (χ1) is 10.1. The third-order valence-electron chi connectivity index (χ3n) is 0.751. The van der Waals surface area contributed by atoms with Gasteiger partial charge in [-0.2, -0.15) is 0 Å². The minimum Gasteiger partial charge on any atom is -0.471 e. The summed E-state index contributed by atoms with van der Waals surface area (Å²) in [6.45, 7) is -10.8. The van der Waals surface area contributed by atoms with Crippen molar-refractivity contribution in [2.75, 3.05) is 0 Å². The van der Waals surface area contributed by atoms with Crippen molar-refractivity contribution in [2.45, 2.75) is 26.2 Å². The van der Waals surface area contributed by atoms with Crippen LogP contribution in [0.4, 0.5) is 0 Å². The molecule has 1 rings (SSSR count). The van der Waals surface area contributed by atoms with Gasteiger partial charge in [0.25, 0.3) is 0 Å². The van der Waals surface area contributed by atoms with E-state index in [4.69, 9.17) is 19.8 Å². The number of nitrogens with zero attached hydrogens (tertiary/aromatic N) is 2. The maximum Gasteiger partial charge on any atom is 0.233 e. The van der Waals surface area contributed by atoms with E-state index in [0.717, 1.165) is 0 Å². The highest BCUT2D eigenvalue weighted by Crippen LogP contribution is 2.15. The van der Waals surface area contributed by atoms with Gasteiger partial charge in [0, 0.05) is 18.4 Å². The van der Waals surface area contributed by atoms with Crippen molar-refractivity contribution in [1.29, 1.82) is 0 Å². The van der Waals surface area contributed by atoms with Crippen LogP contribution in [0.25, 0.3) is 0 Å². The second-order valence-electron chi connectivity index (χ2n) is 1.83. The highest BCUT2D eigenvalue weighted by Gasteiger charge is 2.12. The van der Waals surface area contributed by atoms with Gasteiger partial charge in [-0.25, -0.2) is 0 Å². The standard InChI is InChI=1S/C8H11BrN2O/c1-8(2,3)12-7-5-4-6(9)10-11-7/h4-5H,1-3H3/i1D3,2D3,3D3,4D,5D. The zero-order valence-corrected chi connectivity index (χ0v) is 7.27. The molecule has 0 aliphatic carbocycles. The molecule has 0 aliphatic heterocycles. The lowest BCUT2D eigenvalue weighted by atomic mass is 10.2. The predicted octanol–water partition coefficient (Wildman–Crippen LogP) is 2.42. The average molecular weight is 242 g/mol. The average Bonchev–Trinajstić information content (AvgIpc) is 2.30. The summed E-state index contributed by atoms with van der Waals surface area (Å²) in [6, 6.07) is -1.36. The fourth-order valence-corrected chi connectivity index (χ4v) is 0.614. The van der Waals surface area contributed by atoms with Crippen molar-refractivity contribution in [3.63, 3.8) is 0 Å². The van der Waals surface area contributed by atoms with Crippen LogP contribution in [0.5, 0.6) is 5.88 Å². The zero-order chi connectivity index (χ0) is 18.4. The van der Waals surface area contributed by atoms with E-state index in [1.807, 2.05) is 0 Å². The van der Waals surface area contributed by atoms with Crippen LogP contribution in [0.1, 0.15) is 35.6 Å². The Morgan fingerprint density at radius 1 is 1.50 bits per heavy atom. The number of rotatable bonds is 1. The lowest BCUT2D eigenvalue weighted by Crippen LogP contribution is -2.23. The normalized spacial score (nSPS) is 27.9. The fraction of sp³-hybridized carbons (Fsp3) is 0.500. The van der Waals surface area contributed by atoms with Gasteiger partial charge in [0.05, 0.1) is 2.74 Å². The molecule has 0 spiro atoms. The van der Waals surface area contributed by atoms with Crippen molar-refractivity contribution < 1.29 is 19.8 Å². The fourth-order valence-electron chi connectivity index (χ4n) is 0.435. The Morgan fingerprint density at radius 3 is 2.92 bits per heavy atom. The Kier molecular flexibility index (Phi) is 0.689. The number of hydrogen-bond donors (Lipinski definition) is 0. The van der Waals surface area contributed by atoms with Gasteiger partial charge >= 0.3 is 0 Å². The van der Waals surface area contributed by atoms with Crippen molar-refractivity contribution in [3.8, 4) is 5.88 Å². The molecule has 0 atom stereocenters. The summed E-state index contributed by atoms with van der Waals surface area (Å²) in [5.41, 5.74) is -3.63. The second kappa shape index (κ2) is 3.39. The minimum atomic E-state index is -3.63. The molecule has 0 bridgehead atoms. The molecule has 1 aromatic rings. The van der Waals surface area contributed by atoms with Crippen LogP contribution in [0.15, 0.2) is 16.7 Å². The molecule has 0 radical (unpaired) electrons. The van der Waals surface area contributed by atoms with Gasteiger partial charge in [0.2, 0.25) is 5.88 Å². The van der Waals surface area contributed by atoms with E-state index < -0.39 is 44.1 Å². The van der Waals surface area contributed by atoms with E-state index in [9.17, 15) is 0 Å². The zero-order valence-electron chi connectivity index (χ0n) is 16.7. The number of hydrogen-bond acceptors (Lipinski definition) is 3. The predicted molar refractivity (Wildman–Crippen MR) is 50.1 cm³/mol. The summed E-state index contributed by atoms with van der Waals surface area (Å²) in [6.07, 6.45) is 0. The van der Waals surface area contributed by atoms with Crippen LogP contribution in [0.3, 0.4) is 0 Å². The SMILES string of the molecule is [2H]c1c(Br)nnc(OC(C([2H])([2H])[2H])(C([2H])([2H])[2H])C([2H])([2H])[2H])c1[2H]. The number of halogens is 1. The topological polar surface area (TPSA) is 35.0 Å². The summed E-state index contributed by atoms with van der Waals surface area (Å²) in [7, 11) is 0. The van der Waals surface area contributed by atoms with E-state index in [1.54, 1.807) is 0 Å². The maximum absolute atomic E-state index is 7.63. The molecule has 66 valence electrons. The molecular weight excluding hydrogens is 220 g/mol. The molecule has 0 saturated heterocycles. The van der Waals surface area contributed by atoms with Crippen LogP contribution in [-0.4, -0.2) is 15.8 Å². The third kappa shape index (κ3) is 3.17. The Labute approximate surface area is 95.7 Å². The third-order valence-corrected chi connectivity index (χ3v) is 1.11. The molecule has 0 saturated carbocycles. The number of ether oxygens (including phenoxy) is 1. The second-order valence-corrected chi connectivity index (χ2v) is 2.58. The van der Waals surface area contributed by atoms with Gasteiger partial charge in [0.1, 0.15) is 10.2 Å². The van der Waals surface area contributed by atoms with Crippen molar-refractivity contribution in [2.24, 2.45) is 0 Å². The Hall–Kier alpha value is -0.640. The first-order valence-corrected chi connectivity index (χ1v) is 3.54. The van der Waals surface area contributed by atoms with Gasteiger partial charge in [-0.05, 0) is 42.5 Å². The molecule has 0 N–H and O–H groups in total. The number of aromatic nitrogens is 2. The molecule has 0 unspecified atom stereocenters. The highest BCUT2D eigenvalue weighted by molar-refractivity contribution is 9.10.